The van der Waals surface area contributed by atoms with Gasteiger partial charge in [-0.05, 0) is 30.9 Å². The quantitative estimate of drug-likeness (QED) is 0.626. The average molecular weight is 291 g/mol. The Bertz CT molecular complexity index is 584. The van der Waals surface area contributed by atoms with Gasteiger partial charge in [-0.15, -0.1) is 0 Å². The molecule has 1 amide bonds. The molecule has 0 bridgehead atoms. The number of aromatic nitrogens is 2. The van der Waals surface area contributed by atoms with Crippen LogP contribution in [-0.2, 0) is 6.54 Å². The van der Waals surface area contributed by atoms with Crippen LogP contribution < -0.4 is 0 Å². The van der Waals surface area contributed by atoms with E-state index in [-0.39, 0.29) is 5.91 Å². The lowest BCUT2D eigenvalue weighted by Crippen LogP contribution is -2.27. The molecular weight excluding hydrogens is 274 g/mol. The van der Waals surface area contributed by atoms with Crippen LogP contribution in [0.1, 0.15) is 28.9 Å². The van der Waals surface area contributed by atoms with E-state index in [1.165, 1.54) is 11.8 Å². The van der Waals surface area contributed by atoms with Gasteiger partial charge in [0.15, 0.2) is 5.16 Å². The highest BCUT2D eigenvalue weighted by atomic mass is 32.2. The van der Waals surface area contributed by atoms with E-state index >= 15 is 0 Å². The Morgan fingerprint density at radius 3 is 2.90 bits per heavy atom. The second kappa shape index (κ2) is 6.56. The van der Waals surface area contributed by atoms with Crippen molar-refractivity contribution in [3.63, 3.8) is 0 Å². The van der Waals surface area contributed by atoms with E-state index in [1.54, 1.807) is 30.3 Å². The minimum Gasteiger partial charge on any atom is -0.467 e. The molecule has 106 valence electrons. The molecule has 0 spiro atoms. The van der Waals surface area contributed by atoms with Crippen LogP contribution in [0, 0.1) is 6.92 Å². The predicted molar refractivity (Wildman–Crippen MR) is 77.7 cm³/mol. The number of rotatable bonds is 5. The first-order valence-corrected chi connectivity index (χ1v) is 7.35. The Kier molecular flexibility index (Phi) is 4.79. The highest BCUT2D eigenvalue weighted by Crippen LogP contribution is 2.15. The van der Waals surface area contributed by atoms with Crippen molar-refractivity contribution in [2.75, 3.05) is 12.8 Å². The SMILES string of the molecule is CCSc1nc(C)cc(C(=O)N(C)Cc2ccco2)n1. The van der Waals surface area contributed by atoms with Crippen LogP contribution in [0.15, 0.2) is 34.0 Å². The van der Waals surface area contributed by atoms with Gasteiger partial charge in [0.1, 0.15) is 11.5 Å². The number of carbonyl (C=O) groups is 1. The Labute approximate surface area is 122 Å². The van der Waals surface area contributed by atoms with Crippen LogP contribution in [0.4, 0.5) is 0 Å². The molecule has 0 aliphatic rings. The molecule has 0 N–H and O–H groups in total. The number of nitrogens with zero attached hydrogens (tertiary/aromatic N) is 3. The zero-order valence-corrected chi connectivity index (χ0v) is 12.6. The molecule has 0 aliphatic carbocycles. The van der Waals surface area contributed by atoms with E-state index in [0.717, 1.165) is 17.2 Å². The van der Waals surface area contributed by atoms with Crippen LogP contribution in [0.2, 0.25) is 0 Å². The van der Waals surface area contributed by atoms with Gasteiger partial charge in [-0.2, -0.15) is 0 Å². The molecule has 0 atom stereocenters. The van der Waals surface area contributed by atoms with Gasteiger partial charge in [0.05, 0.1) is 12.8 Å². The maximum Gasteiger partial charge on any atom is 0.272 e. The van der Waals surface area contributed by atoms with Crippen molar-refractivity contribution in [1.29, 1.82) is 0 Å². The van der Waals surface area contributed by atoms with Gasteiger partial charge >= 0.3 is 0 Å². The van der Waals surface area contributed by atoms with E-state index < -0.39 is 0 Å². The first-order chi connectivity index (χ1) is 9.60. The third kappa shape index (κ3) is 3.60. The maximum absolute atomic E-state index is 12.4. The zero-order valence-electron chi connectivity index (χ0n) is 11.8. The Hall–Kier alpha value is -1.82. The Morgan fingerprint density at radius 1 is 1.45 bits per heavy atom. The zero-order chi connectivity index (χ0) is 14.5. The van der Waals surface area contributed by atoms with Crippen LogP contribution in [0.3, 0.4) is 0 Å². The number of hydrogen-bond donors (Lipinski definition) is 0. The summed E-state index contributed by atoms with van der Waals surface area (Å²) in [5.41, 5.74) is 1.22. The standard InChI is InChI=1S/C14H17N3O2S/c1-4-20-14-15-10(2)8-12(16-14)13(18)17(3)9-11-6-5-7-19-11/h5-8H,4,9H2,1-3H3. The van der Waals surface area contributed by atoms with E-state index in [9.17, 15) is 4.79 Å². The van der Waals surface area contributed by atoms with Gasteiger partial charge < -0.3 is 9.32 Å². The normalized spacial score (nSPS) is 10.6. The molecule has 2 rings (SSSR count). The number of carbonyl (C=O) groups excluding carboxylic acids is 1. The van der Waals surface area contributed by atoms with Gasteiger partial charge in [-0.3, -0.25) is 4.79 Å². The fourth-order valence-corrected chi connectivity index (χ4v) is 2.38. The lowest BCUT2D eigenvalue weighted by atomic mass is 10.3. The van der Waals surface area contributed by atoms with Crippen LogP contribution in [0.5, 0.6) is 0 Å². The molecule has 0 radical (unpaired) electrons. The lowest BCUT2D eigenvalue weighted by Gasteiger charge is -2.15. The minimum absolute atomic E-state index is 0.134. The molecule has 0 unspecified atom stereocenters. The summed E-state index contributed by atoms with van der Waals surface area (Å²) in [5.74, 6) is 1.49. The summed E-state index contributed by atoms with van der Waals surface area (Å²) < 4.78 is 5.25. The average Bonchev–Trinajstić information content (AvgIpc) is 2.90. The van der Waals surface area contributed by atoms with Crippen molar-refractivity contribution in [3.8, 4) is 0 Å². The molecule has 2 heterocycles. The molecule has 0 fully saturated rings. The van der Waals surface area contributed by atoms with Crippen molar-refractivity contribution in [2.24, 2.45) is 0 Å². The summed E-state index contributed by atoms with van der Waals surface area (Å²) in [6.45, 7) is 4.32. The molecule has 20 heavy (non-hydrogen) atoms. The van der Waals surface area contributed by atoms with E-state index in [4.69, 9.17) is 4.42 Å². The molecular formula is C14H17N3O2S. The number of furan rings is 1. The van der Waals surface area contributed by atoms with Crippen molar-refractivity contribution in [1.82, 2.24) is 14.9 Å². The summed E-state index contributed by atoms with van der Waals surface area (Å²) in [6, 6.07) is 5.35. The predicted octanol–water partition coefficient (Wildman–Crippen LogP) is 2.76. The third-order valence-electron chi connectivity index (χ3n) is 2.65. The molecule has 6 heteroatoms. The smallest absolute Gasteiger partial charge is 0.272 e. The monoisotopic (exact) mass is 291 g/mol. The summed E-state index contributed by atoms with van der Waals surface area (Å²) in [6.07, 6.45) is 1.60. The largest absolute Gasteiger partial charge is 0.467 e. The van der Waals surface area contributed by atoms with E-state index in [2.05, 4.69) is 9.97 Å². The van der Waals surface area contributed by atoms with Crippen molar-refractivity contribution < 1.29 is 9.21 Å². The molecule has 2 aromatic rings. The second-order valence-electron chi connectivity index (χ2n) is 4.35. The van der Waals surface area contributed by atoms with Crippen LogP contribution in [0.25, 0.3) is 0 Å². The van der Waals surface area contributed by atoms with Crippen LogP contribution >= 0.6 is 11.8 Å². The van der Waals surface area contributed by atoms with Gasteiger partial charge in [0.2, 0.25) is 0 Å². The highest BCUT2D eigenvalue weighted by molar-refractivity contribution is 7.99. The van der Waals surface area contributed by atoms with Gasteiger partial charge in [-0.25, -0.2) is 9.97 Å². The summed E-state index contributed by atoms with van der Waals surface area (Å²) in [7, 11) is 1.73. The fourth-order valence-electron chi connectivity index (χ4n) is 1.75. The Balaban J connectivity index is 2.15. The van der Waals surface area contributed by atoms with Crippen LogP contribution in [-0.4, -0.2) is 33.6 Å². The number of hydrogen-bond acceptors (Lipinski definition) is 5. The van der Waals surface area contributed by atoms with Gasteiger partial charge in [-0.1, -0.05) is 18.7 Å². The topological polar surface area (TPSA) is 59.2 Å². The molecule has 0 saturated heterocycles. The molecule has 0 aliphatic heterocycles. The first-order valence-electron chi connectivity index (χ1n) is 6.36. The second-order valence-corrected chi connectivity index (χ2v) is 5.58. The molecule has 0 aromatic carbocycles. The first kappa shape index (κ1) is 14.6. The highest BCUT2D eigenvalue weighted by Gasteiger charge is 2.16. The summed E-state index contributed by atoms with van der Waals surface area (Å²) >= 11 is 1.53. The van der Waals surface area contributed by atoms with E-state index in [1.807, 2.05) is 19.9 Å². The molecule has 0 saturated carbocycles. The summed E-state index contributed by atoms with van der Waals surface area (Å²) in [5, 5.41) is 0.641. The lowest BCUT2D eigenvalue weighted by molar-refractivity contribution is 0.0768. The molecule has 2 aromatic heterocycles. The summed E-state index contributed by atoms with van der Waals surface area (Å²) in [4.78, 5) is 22.6. The Morgan fingerprint density at radius 2 is 2.25 bits per heavy atom. The van der Waals surface area contributed by atoms with E-state index in [0.29, 0.717) is 17.4 Å². The van der Waals surface area contributed by atoms with Crippen molar-refractivity contribution >= 4 is 17.7 Å². The maximum atomic E-state index is 12.4. The third-order valence-corrected chi connectivity index (χ3v) is 3.38. The number of amides is 1. The molecule has 5 nitrogen and oxygen atoms in total. The van der Waals surface area contributed by atoms with Crippen molar-refractivity contribution in [2.45, 2.75) is 25.5 Å². The minimum atomic E-state index is -0.134. The van der Waals surface area contributed by atoms with Gasteiger partial charge in [0, 0.05) is 12.7 Å². The number of thioether (sulfide) groups is 1. The van der Waals surface area contributed by atoms with Gasteiger partial charge in [0.25, 0.3) is 5.91 Å². The fraction of sp³-hybridized carbons (Fsp3) is 0.357. The number of aryl methyl sites for hydroxylation is 1. The van der Waals surface area contributed by atoms with Crippen molar-refractivity contribution in [3.05, 3.63) is 41.6 Å².